The summed E-state index contributed by atoms with van der Waals surface area (Å²) in [5, 5.41) is 2.81. The van der Waals surface area contributed by atoms with Gasteiger partial charge >= 0.3 is 6.09 Å². The van der Waals surface area contributed by atoms with Crippen LogP contribution in [0.2, 0.25) is 0 Å². The molecule has 6 heteroatoms. The Morgan fingerprint density at radius 3 is 2.50 bits per heavy atom. The number of hydrogen-bond acceptors (Lipinski definition) is 4. The molecule has 1 aromatic heterocycles. The van der Waals surface area contributed by atoms with E-state index in [9.17, 15) is 4.79 Å². The first-order valence-electron chi connectivity index (χ1n) is 5.90. The van der Waals surface area contributed by atoms with Gasteiger partial charge in [0.25, 0.3) is 0 Å². The molecule has 0 saturated heterocycles. The van der Waals surface area contributed by atoms with Crippen LogP contribution in [0.1, 0.15) is 40.0 Å². The topological polar surface area (TPSA) is 51.2 Å². The molecule has 1 aromatic rings. The largest absolute Gasteiger partial charge is 0.444 e. The summed E-state index contributed by atoms with van der Waals surface area (Å²) in [5.74, 6) is 0. The number of ether oxygens (including phenoxy) is 1. The second-order valence-corrected chi connectivity index (χ2v) is 7.35. The van der Waals surface area contributed by atoms with Crippen molar-refractivity contribution >= 4 is 33.4 Å². The highest BCUT2D eigenvalue weighted by molar-refractivity contribution is 9.11. The van der Waals surface area contributed by atoms with Crippen LogP contribution in [0.4, 0.5) is 4.79 Å². The number of carbonyl (C=O) groups excluding carboxylic acids is 1. The molecule has 2 rings (SSSR count). The molecule has 1 aliphatic carbocycles. The van der Waals surface area contributed by atoms with Gasteiger partial charge in [0.15, 0.2) is 0 Å². The monoisotopic (exact) mass is 334 g/mol. The van der Waals surface area contributed by atoms with Crippen LogP contribution in [0.15, 0.2) is 15.5 Å². The van der Waals surface area contributed by atoms with Gasteiger partial charge in [0, 0.05) is 6.04 Å². The lowest BCUT2D eigenvalue weighted by molar-refractivity contribution is 0.0480. The molecule has 0 atom stereocenters. The maximum absolute atomic E-state index is 11.1. The highest BCUT2D eigenvalue weighted by Crippen LogP contribution is 2.18. The lowest BCUT2D eigenvalue weighted by Crippen LogP contribution is -2.42. The van der Waals surface area contributed by atoms with Gasteiger partial charge in [0.2, 0.25) is 0 Å². The molecular formula is C12H19BrN2O2S. The minimum Gasteiger partial charge on any atom is -0.444 e. The Morgan fingerprint density at radius 2 is 2.22 bits per heavy atom. The lowest BCUT2D eigenvalue weighted by Gasteiger charge is -2.28. The normalized spacial score (nSPS) is 15.1. The summed E-state index contributed by atoms with van der Waals surface area (Å²) < 4.78 is 6.18. The number of halogens is 1. The van der Waals surface area contributed by atoms with E-state index in [0.29, 0.717) is 6.04 Å². The van der Waals surface area contributed by atoms with E-state index in [1.807, 2.05) is 20.8 Å². The van der Waals surface area contributed by atoms with Crippen molar-refractivity contribution in [1.82, 2.24) is 10.3 Å². The highest BCUT2D eigenvalue weighted by atomic mass is 79.9. The van der Waals surface area contributed by atoms with Crippen molar-refractivity contribution in [1.29, 1.82) is 0 Å². The van der Waals surface area contributed by atoms with Crippen LogP contribution in [0.25, 0.3) is 0 Å². The number of nitrogens with one attached hydrogen (secondary N) is 1. The summed E-state index contributed by atoms with van der Waals surface area (Å²) in [4.78, 5) is 14.9. The predicted octanol–water partition coefficient (Wildman–Crippen LogP) is 3.97. The smallest absolute Gasteiger partial charge is 0.407 e. The molecule has 4 nitrogen and oxygen atoms in total. The van der Waals surface area contributed by atoms with Gasteiger partial charge in [0.1, 0.15) is 5.60 Å². The Labute approximate surface area is 120 Å². The van der Waals surface area contributed by atoms with Crippen molar-refractivity contribution in [3.8, 4) is 0 Å². The standard InChI is InChI=1S/C9H17NO2.C3H2BrNS/c1-9(2,3)12-8(11)10-7-5-4-6-7;4-3-1-5-2-6-3/h7H,4-6H2,1-3H3,(H,10,11);1-2H. The molecule has 0 aromatic carbocycles. The molecule has 1 fully saturated rings. The molecule has 18 heavy (non-hydrogen) atoms. The third-order valence-electron chi connectivity index (χ3n) is 2.23. The number of nitrogens with zero attached hydrogens (tertiary/aromatic N) is 1. The quantitative estimate of drug-likeness (QED) is 0.845. The summed E-state index contributed by atoms with van der Waals surface area (Å²) >= 11 is 4.82. The Balaban J connectivity index is 0.000000225. The fourth-order valence-corrected chi connectivity index (χ4v) is 1.94. The molecule has 0 bridgehead atoms. The van der Waals surface area contributed by atoms with Gasteiger partial charge in [-0.05, 0) is 56.0 Å². The zero-order valence-electron chi connectivity index (χ0n) is 10.9. The summed E-state index contributed by atoms with van der Waals surface area (Å²) in [6.45, 7) is 5.61. The van der Waals surface area contributed by atoms with Crippen LogP contribution in [0, 0.1) is 0 Å². The second-order valence-electron chi connectivity index (χ2n) is 5.08. The van der Waals surface area contributed by atoms with Crippen molar-refractivity contribution in [2.45, 2.75) is 51.7 Å². The van der Waals surface area contributed by atoms with Crippen LogP contribution in [-0.2, 0) is 4.74 Å². The Hall–Kier alpha value is -0.620. The summed E-state index contributed by atoms with van der Waals surface area (Å²) in [7, 11) is 0. The summed E-state index contributed by atoms with van der Waals surface area (Å²) in [6.07, 6.45) is 4.90. The zero-order valence-corrected chi connectivity index (χ0v) is 13.3. The van der Waals surface area contributed by atoms with Crippen LogP contribution >= 0.6 is 27.3 Å². The third kappa shape index (κ3) is 6.96. The summed E-state index contributed by atoms with van der Waals surface area (Å²) in [5.41, 5.74) is 1.40. The Bertz CT molecular complexity index is 359. The molecule has 0 unspecified atom stereocenters. The molecule has 0 aliphatic heterocycles. The maximum atomic E-state index is 11.1. The average Bonchev–Trinajstić information content (AvgIpc) is 2.61. The fourth-order valence-electron chi connectivity index (χ4n) is 1.23. The van der Waals surface area contributed by atoms with Crippen LogP contribution in [0.5, 0.6) is 0 Å². The van der Waals surface area contributed by atoms with Gasteiger partial charge in [-0.2, -0.15) is 0 Å². The minimum absolute atomic E-state index is 0.285. The fraction of sp³-hybridized carbons (Fsp3) is 0.667. The number of thiazole rings is 1. The maximum Gasteiger partial charge on any atom is 0.407 e. The third-order valence-corrected chi connectivity index (χ3v) is 3.55. The average molecular weight is 335 g/mol. The van der Waals surface area contributed by atoms with Crippen LogP contribution < -0.4 is 5.32 Å². The molecule has 0 radical (unpaired) electrons. The minimum atomic E-state index is -0.381. The second kappa shape index (κ2) is 7.09. The van der Waals surface area contributed by atoms with E-state index in [0.717, 1.165) is 16.6 Å². The SMILES string of the molecule is Brc1cncs1.CC(C)(C)OC(=O)NC1CCC1. The molecule has 0 spiro atoms. The van der Waals surface area contributed by atoms with E-state index in [4.69, 9.17) is 4.74 Å². The molecule has 1 heterocycles. The predicted molar refractivity (Wildman–Crippen MR) is 76.8 cm³/mol. The van der Waals surface area contributed by atoms with Gasteiger partial charge in [-0.3, -0.25) is 4.98 Å². The van der Waals surface area contributed by atoms with E-state index >= 15 is 0 Å². The number of hydrogen-bond donors (Lipinski definition) is 1. The zero-order chi connectivity index (χ0) is 13.6. The van der Waals surface area contributed by atoms with Crippen LogP contribution in [0.3, 0.4) is 0 Å². The number of rotatable bonds is 1. The molecule has 1 N–H and O–H groups in total. The molecule has 1 amide bonds. The first-order valence-corrected chi connectivity index (χ1v) is 7.57. The molecule has 1 aliphatic rings. The Morgan fingerprint density at radius 1 is 1.56 bits per heavy atom. The van der Waals surface area contributed by atoms with E-state index in [1.54, 1.807) is 23.0 Å². The molecule has 1 saturated carbocycles. The van der Waals surface area contributed by atoms with Gasteiger partial charge in [-0.15, -0.1) is 11.3 Å². The Kier molecular flexibility index (Phi) is 6.08. The van der Waals surface area contributed by atoms with Crippen molar-refractivity contribution in [3.05, 3.63) is 15.5 Å². The van der Waals surface area contributed by atoms with Crippen molar-refractivity contribution in [2.24, 2.45) is 0 Å². The first kappa shape index (κ1) is 15.4. The van der Waals surface area contributed by atoms with Crippen LogP contribution in [-0.4, -0.2) is 22.7 Å². The highest BCUT2D eigenvalue weighted by Gasteiger charge is 2.22. The van der Waals surface area contributed by atoms with Gasteiger partial charge in [-0.1, -0.05) is 0 Å². The van der Waals surface area contributed by atoms with Gasteiger partial charge in [-0.25, -0.2) is 4.79 Å². The number of alkyl carbamates (subject to hydrolysis) is 1. The first-order chi connectivity index (χ1) is 8.37. The number of aromatic nitrogens is 1. The number of carbonyl (C=O) groups is 1. The van der Waals surface area contributed by atoms with E-state index in [2.05, 4.69) is 26.2 Å². The van der Waals surface area contributed by atoms with E-state index in [1.165, 1.54) is 6.42 Å². The van der Waals surface area contributed by atoms with Crippen molar-refractivity contribution in [3.63, 3.8) is 0 Å². The lowest BCUT2D eigenvalue weighted by atomic mass is 9.93. The van der Waals surface area contributed by atoms with Crippen molar-refractivity contribution < 1.29 is 9.53 Å². The molecular weight excluding hydrogens is 316 g/mol. The van der Waals surface area contributed by atoms with E-state index in [-0.39, 0.29) is 11.7 Å². The summed E-state index contributed by atoms with van der Waals surface area (Å²) in [6, 6.07) is 0.361. The molecule has 102 valence electrons. The van der Waals surface area contributed by atoms with Gasteiger partial charge < -0.3 is 10.1 Å². The van der Waals surface area contributed by atoms with E-state index < -0.39 is 0 Å². The van der Waals surface area contributed by atoms with Gasteiger partial charge in [0.05, 0.1) is 15.5 Å². The number of amides is 1. The van der Waals surface area contributed by atoms with Crippen molar-refractivity contribution in [2.75, 3.05) is 0 Å².